The Morgan fingerprint density at radius 3 is 2.24 bits per heavy atom. The summed E-state index contributed by atoms with van der Waals surface area (Å²) in [6.45, 7) is 4.14. The molecule has 0 bridgehead atoms. The third-order valence-corrected chi connectivity index (χ3v) is 4.35. The average molecular weight is 341 g/mol. The van der Waals surface area contributed by atoms with Crippen molar-refractivity contribution in [1.82, 2.24) is 5.32 Å². The molecule has 0 spiro atoms. The zero-order chi connectivity index (χ0) is 18.2. The van der Waals surface area contributed by atoms with Gasteiger partial charge in [-0.05, 0) is 48.6 Å². The van der Waals surface area contributed by atoms with Gasteiger partial charge in [0.15, 0.2) is 11.5 Å². The Bertz CT molecular complexity index is 695. The van der Waals surface area contributed by atoms with Crippen LogP contribution in [0.5, 0.6) is 11.5 Å². The predicted molar refractivity (Wildman–Crippen MR) is 100 cm³/mol. The molecule has 0 aromatic heterocycles. The molecule has 0 radical (unpaired) electrons. The van der Waals surface area contributed by atoms with Crippen molar-refractivity contribution in [2.45, 2.75) is 39.2 Å². The van der Waals surface area contributed by atoms with E-state index in [1.807, 2.05) is 25.1 Å². The lowest BCUT2D eigenvalue weighted by atomic mass is 10.0. The maximum atomic E-state index is 12.2. The standard InChI is InChI=1S/C21H27NO3/c1-5-16-6-10-18(11-7-16)15(2)22-21(23)13-9-17-8-12-19(24-3)20(14-17)25-4/h6-8,10-12,14-15H,5,9,13H2,1-4H3,(H,22,23)/t15-/m1/s1. The number of amides is 1. The zero-order valence-electron chi connectivity index (χ0n) is 15.5. The van der Waals surface area contributed by atoms with Crippen molar-refractivity contribution in [2.75, 3.05) is 14.2 Å². The summed E-state index contributed by atoms with van der Waals surface area (Å²) < 4.78 is 10.5. The molecule has 0 aliphatic heterocycles. The van der Waals surface area contributed by atoms with E-state index in [1.165, 1.54) is 5.56 Å². The first-order chi connectivity index (χ1) is 12.1. The third-order valence-electron chi connectivity index (χ3n) is 4.35. The lowest BCUT2D eigenvalue weighted by Gasteiger charge is -2.15. The molecular formula is C21H27NO3. The van der Waals surface area contributed by atoms with Gasteiger partial charge in [-0.1, -0.05) is 37.3 Å². The van der Waals surface area contributed by atoms with Crippen LogP contribution in [-0.2, 0) is 17.6 Å². The monoisotopic (exact) mass is 341 g/mol. The minimum Gasteiger partial charge on any atom is -0.493 e. The van der Waals surface area contributed by atoms with E-state index >= 15 is 0 Å². The molecule has 1 atom stereocenters. The molecule has 2 aromatic rings. The molecule has 0 saturated heterocycles. The second kappa shape index (κ2) is 9.11. The highest BCUT2D eigenvalue weighted by atomic mass is 16.5. The van der Waals surface area contributed by atoms with Crippen LogP contribution in [0.1, 0.15) is 43.0 Å². The number of ether oxygens (including phenoxy) is 2. The molecule has 1 amide bonds. The Balaban J connectivity index is 1.89. The number of benzene rings is 2. The minimum absolute atomic E-state index is 0.00353. The van der Waals surface area contributed by atoms with Crippen LogP contribution < -0.4 is 14.8 Å². The Kier molecular flexibility index (Phi) is 6.87. The lowest BCUT2D eigenvalue weighted by Crippen LogP contribution is -2.26. The zero-order valence-corrected chi connectivity index (χ0v) is 15.5. The number of nitrogens with one attached hydrogen (secondary N) is 1. The van der Waals surface area contributed by atoms with E-state index in [-0.39, 0.29) is 11.9 Å². The van der Waals surface area contributed by atoms with Crippen LogP contribution in [0.15, 0.2) is 42.5 Å². The van der Waals surface area contributed by atoms with Gasteiger partial charge in [0, 0.05) is 6.42 Å². The molecule has 2 aromatic carbocycles. The number of hydrogen-bond donors (Lipinski definition) is 1. The van der Waals surface area contributed by atoms with Gasteiger partial charge in [-0.15, -0.1) is 0 Å². The largest absolute Gasteiger partial charge is 0.493 e. The second-order valence-electron chi connectivity index (χ2n) is 6.07. The fourth-order valence-corrected chi connectivity index (χ4v) is 2.73. The van der Waals surface area contributed by atoms with Crippen molar-refractivity contribution in [3.05, 3.63) is 59.2 Å². The first kappa shape index (κ1) is 18.8. The molecule has 1 N–H and O–H groups in total. The van der Waals surface area contributed by atoms with E-state index < -0.39 is 0 Å². The van der Waals surface area contributed by atoms with E-state index in [0.29, 0.717) is 24.3 Å². The van der Waals surface area contributed by atoms with Gasteiger partial charge in [-0.2, -0.15) is 0 Å². The molecule has 25 heavy (non-hydrogen) atoms. The van der Waals surface area contributed by atoms with Crippen LogP contribution in [0.2, 0.25) is 0 Å². The van der Waals surface area contributed by atoms with Gasteiger partial charge >= 0.3 is 0 Å². The highest BCUT2D eigenvalue weighted by Crippen LogP contribution is 2.28. The normalized spacial score (nSPS) is 11.7. The molecule has 0 aliphatic rings. The smallest absolute Gasteiger partial charge is 0.220 e. The van der Waals surface area contributed by atoms with Gasteiger partial charge in [-0.25, -0.2) is 0 Å². The van der Waals surface area contributed by atoms with Gasteiger partial charge in [0.1, 0.15) is 0 Å². The number of hydrogen-bond acceptors (Lipinski definition) is 3. The van der Waals surface area contributed by atoms with Crippen molar-refractivity contribution in [3.63, 3.8) is 0 Å². The third kappa shape index (κ3) is 5.24. The van der Waals surface area contributed by atoms with E-state index in [1.54, 1.807) is 14.2 Å². The van der Waals surface area contributed by atoms with E-state index in [9.17, 15) is 4.79 Å². The molecule has 2 rings (SSSR count). The summed E-state index contributed by atoms with van der Waals surface area (Å²) in [7, 11) is 3.22. The number of carbonyl (C=O) groups excluding carboxylic acids is 1. The highest BCUT2D eigenvalue weighted by molar-refractivity contribution is 5.76. The summed E-state index contributed by atoms with van der Waals surface area (Å²) in [6, 6.07) is 14.1. The molecule has 0 fully saturated rings. The van der Waals surface area contributed by atoms with E-state index in [2.05, 4.69) is 36.5 Å². The maximum absolute atomic E-state index is 12.2. The summed E-state index contributed by atoms with van der Waals surface area (Å²) in [5.74, 6) is 1.42. The second-order valence-corrected chi connectivity index (χ2v) is 6.07. The van der Waals surface area contributed by atoms with Gasteiger partial charge in [0.05, 0.1) is 20.3 Å². The molecule has 0 saturated carbocycles. The molecule has 0 heterocycles. The van der Waals surface area contributed by atoms with E-state index in [4.69, 9.17) is 9.47 Å². The summed E-state index contributed by atoms with van der Waals surface area (Å²) in [5, 5.41) is 3.06. The Morgan fingerprint density at radius 2 is 1.64 bits per heavy atom. The fourth-order valence-electron chi connectivity index (χ4n) is 2.73. The van der Waals surface area contributed by atoms with Crippen LogP contribution in [0.3, 0.4) is 0 Å². The Hall–Kier alpha value is -2.49. The Labute approximate surface area is 150 Å². The number of aryl methyl sites for hydroxylation is 2. The summed E-state index contributed by atoms with van der Waals surface area (Å²) in [4.78, 5) is 12.2. The van der Waals surface area contributed by atoms with Crippen LogP contribution in [0, 0.1) is 0 Å². The molecular weight excluding hydrogens is 314 g/mol. The summed E-state index contributed by atoms with van der Waals surface area (Å²) >= 11 is 0. The van der Waals surface area contributed by atoms with Crippen molar-refractivity contribution in [2.24, 2.45) is 0 Å². The van der Waals surface area contributed by atoms with Crippen molar-refractivity contribution in [3.8, 4) is 11.5 Å². The average Bonchev–Trinajstić information content (AvgIpc) is 2.66. The van der Waals surface area contributed by atoms with Crippen LogP contribution >= 0.6 is 0 Å². The summed E-state index contributed by atoms with van der Waals surface area (Å²) in [5.41, 5.74) is 3.47. The van der Waals surface area contributed by atoms with Gasteiger partial charge < -0.3 is 14.8 Å². The quantitative estimate of drug-likeness (QED) is 0.787. The minimum atomic E-state index is 0.00353. The van der Waals surface area contributed by atoms with Crippen LogP contribution in [0.25, 0.3) is 0 Å². The fraction of sp³-hybridized carbons (Fsp3) is 0.381. The first-order valence-electron chi connectivity index (χ1n) is 8.66. The molecule has 134 valence electrons. The van der Waals surface area contributed by atoms with Crippen molar-refractivity contribution in [1.29, 1.82) is 0 Å². The van der Waals surface area contributed by atoms with Gasteiger partial charge in [0.2, 0.25) is 5.91 Å². The maximum Gasteiger partial charge on any atom is 0.220 e. The number of rotatable bonds is 8. The first-order valence-corrected chi connectivity index (χ1v) is 8.66. The SMILES string of the molecule is CCc1ccc([C@@H](C)NC(=O)CCc2ccc(OC)c(OC)c2)cc1. The van der Waals surface area contributed by atoms with E-state index in [0.717, 1.165) is 17.5 Å². The van der Waals surface area contributed by atoms with Crippen molar-refractivity contribution >= 4 is 5.91 Å². The number of methoxy groups -OCH3 is 2. The molecule has 0 unspecified atom stereocenters. The predicted octanol–water partition coefficient (Wildman–Crippen LogP) is 4.08. The topological polar surface area (TPSA) is 47.6 Å². The lowest BCUT2D eigenvalue weighted by molar-refractivity contribution is -0.121. The summed E-state index contributed by atoms with van der Waals surface area (Å²) in [6.07, 6.45) is 2.12. The van der Waals surface area contributed by atoms with Crippen LogP contribution in [0.4, 0.5) is 0 Å². The molecule has 0 aliphatic carbocycles. The van der Waals surface area contributed by atoms with Crippen molar-refractivity contribution < 1.29 is 14.3 Å². The van der Waals surface area contributed by atoms with Crippen LogP contribution in [-0.4, -0.2) is 20.1 Å². The highest BCUT2D eigenvalue weighted by Gasteiger charge is 2.11. The van der Waals surface area contributed by atoms with Gasteiger partial charge in [0.25, 0.3) is 0 Å². The molecule has 4 nitrogen and oxygen atoms in total. The number of carbonyl (C=O) groups is 1. The van der Waals surface area contributed by atoms with Gasteiger partial charge in [-0.3, -0.25) is 4.79 Å². The Morgan fingerprint density at radius 1 is 1.00 bits per heavy atom. The molecule has 4 heteroatoms.